The van der Waals surface area contributed by atoms with Crippen LogP contribution in [-0.4, -0.2) is 11.6 Å². The maximum atomic E-state index is 14.0. The van der Waals surface area contributed by atoms with E-state index in [9.17, 15) is 30.6 Å². The second-order valence-corrected chi connectivity index (χ2v) is 17.9. The molecular weight excluding hydrogens is 757 g/mol. The average molecular weight is 783 g/mol. The van der Waals surface area contributed by atoms with Crippen molar-refractivity contribution in [1.29, 1.82) is 21.0 Å². The van der Waals surface area contributed by atoms with Crippen molar-refractivity contribution in [2.75, 3.05) is 0 Å². The standard InChI is InChI=1S/C45H26N4O2S4/c1-3-10-29-27(4-2)35(23(19-46)20-47)31(38(29)50)15-25-16-33-37(45(25)13-8-5-9-14-45)41-43(53-33)44-42(55-41)40-34(54-44)18-26(52-40)17-32-36(24(21-48)22-49)28-11-6-7-12-30(28)39(32)51/h3-4,6-7,10-12,15-18H,1,5,8-9,13-14H2,2H3/b27-4+,29-10+,31-15-,32-17+. The topological polar surface area (TPSA) is 129 Å². The van der Waals surface area contributed by atoms with Gasteiger partial charge in [-0.1, -0.05) is 68.3 Å². The molecule has 6 nitrogen and oxygen atoms in total. The minimum atomic E-state index is -0.290. The van der Waals surface area contributed by atoms with Gasteiger partial charge < -0.3 is 0 Å². The van der Waals surface area contributed by atoms with Crippen LogP contribution in [0.3, 0.4) is 0 Å². The summed E-state index contributed by atoms with van der Waals surface area (Å²) in [6, 6.07) is 17.3. The van der Waals surface area contributed by atoms with E-state index < -0.39 is 0 Å². The third-order valence-corrected chi connectivity index (χ3v) is 16.3. The van der Waals surface area contributed by atoms with E-state index in [0.29, 0.717) is 44.6 Å². The Bertz CT molecular complexity index is 3030. The predicted molar refractivity (Wildman–Crippen MR) is 223 cm³/mol. The molecule has 9 rings (SSSR count). The molecule has 55 heavy (non-hydrogen) atoms. The van der Waals surface area contributed by atoms with Crippen molar-refractivity contribution in [1.82, 2.24) is 0 Å². The Labute approximate surface area is 332 Å². The van der Waals surface area contributed by atoms with Gasteiger partial charge in [0.2, 0.25) is 0 Å². The fourth-order valence-electron chi connectivity index (χ4n) is 8.77. The van der Waals surface area contributed by atoms with Gasteiger partial charge in [-0.3, -0.25) is 9.59 Å². The fourth-order valence-corrected chi connectivity index (χ4v) is 14.7. The zero-order valence-electron chi connectivity index (χ0n) is 29.3. The van der Waals surface area contributed by atoms with E-state index in [4.69, 9.17) is 0 Å². The van der Waals surface area contributed by atoms with Crippen LogP contribution < -0.4 is 0 Å². The summed E-state index contributed by atoms with van der Waals surface area (Å²) in [5.74, 6) is -0.393. The molecule has 262 valence electrons. The fraction of sp³-hybridized carbons (Fsp3) is 0.156. The third-order valence-electron chi connectivity index (χ3n) is 11.0. The van der Waals surface area contributed by atoms with Crippen LogP contribution in [-0.2, 0) is 10.2 Å². The number of nitrogens with zero attached hydrogens (tertiary/aromatic N) is 4. The highest BCUT2D eigenvalue weighted by atomic mass is 32.1. The number of benzene rings is 1. The number of ketones is 2. The molecule has 0 N–H and O–H groups in total. The van der Waals surface area contributed by atoms with Crippen LogP contribution in [0, 0.1) is 45.3 Å². The molecule has 4 aliphatic rings. The smallest absolute Gasteiger partial charge is 0.194 e. The van der Waals surface area contributed by atoms with Crippen LogP contribution >= 0.6 is 45.3 Å². The van der Waals surface area contributed by atoms with Crippen molar-refractivity contribution in [2.24, 2.45) is 0 Å². The van der Waals surface area contributed by atoms with Gasteiger partial charge in [-0.2, -0.15) is 21.0 Å². The van der Waals surface area contributed by atoms with E-state index in [1.54, 1.807) is 70.4 Å². The van der Waals surface area contributed by atoms with Crippen molar-refractivity contribution < 1.29 is 9.59 Å². The average Bonchev–Trinajstić information content (AvgIpc) is 4.05. The summed E-state index contributed by atoms with van der Waals surface area (Å²) >= 11 is 6.97. The molecule has 0 atom stereocenters. The van der Waals surface area contributed by atoms with Crippen LogP contribution in [0.1, 0.15) is 70.3 Å². The number of thiophene rings is 4. The molecule has 0 radical (unpaired) electrons. The number of hydrogen-bond donors (Lipinski definition) is 0. The highest BCUT2D eigenvalue weighted by molar-refractivity contribution is 7.44. The maximum absolute atomic E-state index is 14.0. The van der Waals surface area contributed by atoms with Crippen molar-refractivity contribution in [3.63, 3.8) is 0 Å². The summed E-state index contributed by atoms with van der Waals surface area (Å²) < 4.78 is 7.29. The summed E-state index contributed by atoms with van der Waals surface area (Å²) in [5, 5.41) is 39.5. The van der Waals surface area contributed by atoms with Crippen LogP contribution in [0.5, 0.6) is 0 Å². The Morgan fingerprint density at radius 1 is 0.727 bits per heavy atom. The highest BCUT2D eigenvalue weighted by Gasteiger charge is 2.46. The number of nitriles is 4. The van der Waals surface area contributed by atoms with Crippen molar-refractivity contribution >= 4 is 103 Å². The Morgan fingerprint density at radius 2 is 1.38 bits per heavy atom. The second-order valence-electron chi connectivity index (χ2n) is 13.7. The van der Waals surface area contributed by atoms with Gasteiger partial charge in [0, 0.05) is 53.3 Å². The van der Waals surface area contributed by atoms with E-state index >= 15 is 0 Å². The number of hydrogen-bond acceptors (Lipinski definition) is 10. The van der Waals surface area contributed by atoms with Gasteiger partial charge in [-0.25, -0.2) is 0 Å². The molecule has 1 spiro atoms. The molecule has 0 saturated heterocycles. The first kappa shape index (κ1) is 34.8. The van der Waals surface area contributed by atoms with Crippen molar-refractivity contribution in [3.8, 4) is 24.3 Å². The Morgan fingerprint density at radius 3 is 2.07 bits per heavy atom. The monoisotopic (exact) mass is 782 g/mol. The van der Waals surface area contributed by atoms with Crippen molar-refractivity contribution in [2.45, 2.75) is 44.4 Å². The minimum absolute atomic E-state index is 0.0750. The highest BCUT2D eigenvalue weighted by Crippen LogP contribution is 2.61. The summed E-state index contributed by atoms with van der Waals surface area (Å²) in [7, 11) is 0. The lowest BCUT2D eigenvalue weighted by Gasteiger charge is -2.36. The number of carbonyl (C=O) groups is 2. The normalized spacial score (nSPS) is 20.1. The molecule has 2 fully saturated rings. The van der Waals surface area contributed by atoms with Crippen LogP contribution in [0.25, 0.3) is 45.9 Å². The lowest BCUT2D eigenvalue weighted by molar-refractivity contribution is -0.111. The number of rotatable bonds is 3. The number of fused-ring (bicyclic) bond motifs is 9. The molecule has 4 heterocycles. The molecule has 4 aromatic heterocycles. The Kier molecular flexibility index (Phi) is 8.28. The lowest BCUT2D eigenvalue weighted by Crippen LogP contribution is -2.28. The molecule has 0 aliphatic heterocycles. The molecule has 10 heteroatoms. The van der Waals surface area contributed by atoms with E-state index in [1.807, 2.05) is 60.8 Å². The number of Topliss-reactive ketones (excluding diaryl/α,β-unsaturated/α-hetero) is 2. The van der Waals surface area contributed by atoms with Crippen molar-refractivity contribution in [3.05, 3.63) is 132 Å². The first-order valence-electron chi connectivity index (χ1n) is 17.7. The third kappa shape index (κ3) is 4.90. The predicted octanol–water partition coefficient (Wildman–Crippen LogP) is 12.0. The number of allylic oxidation sites excluding steroid dienone is 13. The molecule has 0 unspecified atom stereocenters. The molecule has 2 saturated carbocycles. The summed E-state index contributed by atoms with van der Waals surface area (Å²) in [6.07, 6.45) is 16.2. The van der Waals surface area contributed by atoms with Gasteiger partial charge in [0.25, 0.3) is 0 Å². The van der Waals surface area contributed by atoms with Gasteiger partial charge in [-0.05, 0) is 66.3 Å². The summed E-state index contributed by atoms with van der Waals surface area (Å²) in [5.41, 5.74) is 5.61. The largest absolute Gasteiger partial charge is 0.289 e. The van der Waals surface area contributed by atoms with E-state index in [0.717, 1.165) is 52.0 Å². The van der Waals surface area contributed by atoms with E-state index in [1.165, 1.54) is 29.2 Å². The molecular formula is C45H26N4O2S4. The molecule has 1 aromatic carbocycles. The van der Waals surface area contributed by atoms with Crippen LogP contribution in [0.2, 0.25) is 0 Å². The minimum Gasteiger partial charge on any atom is -0.289 e. The van der Waals surface area contributed by atoms with E-state index in [-0.39, 0.29) is 28.1 Å². The van der Waals surface area contributed by atoms with E-state index in [2.05, 4.69) is 18.7 Å². The summed E-state index contributed by atoms with van der Waals surface area (Å²) in [4.78, 5) is 29.7. The Hall–Kier alpha value is -5.98. The zero-order valence-corrected chi connectivity index (χ0v) is 32.6. The molecule has 4 aliphatic carbocycles. The van der Waals surface area contributed by atoms with Gasteiger partial charge in [0.15, 0.2) is 11.6 Å². The van der Waals surface area contributed by atoms with Gasteiger partial charge in [-0.15, -0.1) is 45.3 Å². The van der Waals surface area contributed by atoms with Gasteiger partial charge in [0.05, 0.1) is 23.5 Å². The first-order chi connectivity index (χ1) is 26.8. The maximum Gasteiger partial charge on any atom is 0.194 e. The van der Waals surface area contributed by atoms with Gasteiger partial charge in [0.1, 0.15) is 35.4 Å². The van der Waals surface area contributed by atoms with Gasteiger partial charge >= 0.3 is 0 Å². The summed E-state index contributed by atoms with van der Waals surface area (Å²) in [6.45, 7) is 5.61. The molecule has 0 amide bonds. The zero-order chi connectivity index (χ0) is 38.2. The quantitative estimate of drug-likeness (QED) is 0.132. The molecule has 0 bridgehead atoms. The van der Waals surface area contributed by atoms with Crippen LogP contribution in [0.15, 0.2) is 106 Å². The SMILES string of the molecule is C=C/C=C1/C(=O)/C(=C\C2=Cc3sc4c(sc5c6sc(/C=C7/C(=O)c8ccccc8C7=C(C#N)C#N)cc6sc45)c3C23CCCCC3)C(=C(C#N)C#N)/C1=C/C. The van der Waals surface area contributed by atoms with Crippen LogP contribution in [0.4, 0.5) is 0 Å². The Balaban J connectivity index is 1.18. The molecule has 5 aromatic rings. The number of carbonyl (C=O) groups excluding carboxylic acids is 2. The lowest BCUT2D eigenvalue weighted by atomic mass is 9.67. The first-order valence-corrected chi connectivity index (χ1v) is 20.9. The second kappa shape index (κ2) is 13.1.